The molecular weight excluding hydrogens is 214 g/mol. The van der Waals surface area contributed by atoms with Crippen LogP contribution in [0.3, 0.4) is 0 Å². The lowest BCUT2D eigenvalue weighted by Crippen LogP contribution is -2.38. The topological polar surface area (TPSA) is 61.4 Å². The number of hydrogen-bond donors (Lipinski definition) is 2. The maximum Gasteiger partial charge on any atom is 0.213 e. The second-order valence-corrected chi connectivity index (χ2v) is 5.91. The molecule has 0 aliphatic rings. The maximum atomic E-state index is 11.5. The van der Waals surface area contributed by atoms with Crippen molar-refractivity contribution < 1.29 is 8.42 Å². The first-order valence-electron chi connectivity index (χ1n) is 5.16. The van der Waals surface area contributed by atoms with E-state index in [1.807, 2.05) is 25.9 Å². The van der Waals surface area contributed by atoms with Crippen molar-refractivity contribution >= 4 is 10.0 Å². The SMILES string of the molecule is CNCCS(=O)(=O)NC(C)CCN(C)C. The number of nitrogens with zero attached hydrogens (tertiary/aromatic N) is 1. The van der Waals surface area contributed by atoms with Gasteiger partial charge in [-0.3, -0.25) is 0 Å². The minimum absolute atomic E-state index is 0.00532. The molecule has 0 aromatic heterocycles. The summed E-state index contributed by atoms with van der Waals surface area (Å²) in [4.78, 5) is 2.04. The average molecular weight is 237 g/mol. The predicted molar refractivity (Wildman–Crippen MR) is 63.5 cm³/mol. The van der Waals surface area contributed by atoms with E-state index in [-0.39, 0.29) is 11.8 Å². The van der Waals surface area contributed by atoms with Gasteiger partial charge in [0.15, 0.2) is 0 Å². The molecule has 15 heavy (non-hydrogen) atoms. The van der Waals surface area contributed by atoms with Gasteiger partial charge in [0.25, 0.3) is 0 Å². The Morgan fingerprint density at radius 2 is 1.93 bits per heavy atom. The molecule has 0 rings (SSSR count). The number of rotatable bonds is 8. The van der Waals surface area contributed by atoms with Gasteiger partial charge in [-0.15, -0.1) is 0 Å². The van der Waals surface area contributed by atoms with Gasteiger partial charge < -0.3 is 10.2 Å². The van der Waals surface area contributed by atoms with Gasteiger partial charge in [0.1, 0.15) is 0 Å². The molecule has 92 valence electrons. The fourth-order valence-corrected chi connectivity index (χ4v) is 2.43. The van der Waals surface area contributed by atoms with Crippen LogP contribution in [0.25, 0.3) is 0 Å². The minimum Gasteiger partial charge on any atom is -0.319 e. The molecule has 0 aliphatic carbocycles. The third-order valence-corrected chi connectivity index (χ3v) is 3.51. The molecule has 0 amide bonds. The van der Waals surface area contributed by atoms with Crippen molar-refractivity contribution in [3.05, 3.63) is 0 Å². The Kier molecular flexibility index (Phi) is 7.08. The van der Waals surface area contributed by atoms with Crippen molar-refractivity contribution in [3.63, 3.8) is 0 Å². The molecule has 0 heterocycles. The highest BCUT2D eigenvalue weighted by Gasteiger charge is 2.13. The molecule has 0 bridgehead atoms. The first-order chi connectivity index (χ1) is 6.87. The summed E-state index contributed by atoms with van der Waals surface area (Å²) >= 11 is 0. The van der Waals surface area contributed by atoms with E-state index in [9.17, 15) is 8.42 Å². The Labute approximate surface area is 93.3 Å². The van der Waals surface area contributed by atoms with Gasteiger partial charge in [0.05, 0.1) is 5.75 Å². The lowest BCUT2D eigenvalue weighted by Gasteiger charge is -2.16. The van der Waals surface area contributed by atoms with Crippen LogP contribution >= 0.6 is 0 Å². The van der Waals surface area contributed by atoms with Crippen molar-refractivity contribution in [1.82, 2.24) is 14.9 Å². The summed E-state index contributed by atoms with van der Waals surface area (Å²) in [5.74, 6) is 0.135. The largest absolute Gasteiger partial charge is 0.319 e. The molecule has 6 heteroatoms. The van der Waals surface area contributed by atoms with E-state index in [1.54, 1.807) is 7.05 Å². The molecule has 1 atom stereocenters. The molecular formula is C9H23N3O2S. The molecule has 0 aromatic carbocycles. The number of sulfonamides is 1. The quantitative estimate of drug-likeness (QED) is 0.595. The highest BCUT2D eigenvalue weighted by molar-refractivity contribution is 7.89. The zero-order valence-corrected chi connectivity index (χ0v) is 10.9. The van der Waals surface area contributed by atoms with Gasteiger partial charge in [0.2, 0.25) is 10.0 Å². The molecule has 0 saturated carbocycles. The third-order valence-electron chi connectivity index (χ3n) is 2.01. The zero-order chi connectivity index (χ0) is 11.9. The van der Waals surface area contributed by atoms with E-state index in [4.69, 9.17) is 0 Å². The van der Waals surface area contributed by atoms with Crippen molar-refractivity contribution in [2.24, 2.45) is 0 Å². The molecule has 2 N–H and O–H groups in total. The van der Waals surface area contributed by atoms with Crippen LogP contribution in [0.2, 0.25) is 0 Å². The fraction of sp³-hybridized carbons (Fsp3) is 1.00. The molecule has 5 nitrogen and oxygen atoms in total. The average Bonchev–Trinajstić information content (AvgIpc) is 2.11. The highest BCUT2D eigenvalue weighted by Crippen LogP contribution is 1.95. The summed E-state index contributed by atoms with van der Waals surface area (Å²) in [6, 6.07) is -0.00532. The molecule has 0 aliphatic heterocycles. The second kappa shape index (κ2) is 7.16. The van der Waals surface area contributed by atoms with Crippen LogP contribution in [0, 0.1) is 0 Å². The van der Waals surface area contributed by atoms with E-state index in [0.717, 1.165) is 13.0 Å². The van der Waals surface area contributed by atoms with Gasteiger partial charge >= 0.3 is 0 Å². The molecule has 1 unspecified atom stereocenters. The first-order valence-corrected chi connectivity index (χ1v) is 6.82. The predicted octanol–water partition coefficient (Wildman–Crippen LogP) is -0.535. The highest BCUT2D eigenvalue weighted by atomic mass is 32.2. The summed E-state index contributed by atoms with van der Waals surface area (Å²) in [7, 11) is 2.57. The van der Waals surface area contributed by atoms with Gasteiger partial charge in [0, 0.05) is 12.6 Å². The van der Waals surface area contributed by atoms with Gasteiger partial charge in [-0.2, -0.15) is 0 Å². The molecule has 0 saturated heterocycles. The molecule has 0 aromatic rings. The number of hydrogen-bond acceptors (Lipinski definition) is 4. The molecule has 0 radical (unpaired) electrons. The maximum absolute atomic E-state index is 11.5. The second-order valence-electron chi connectivity index (χ2n) is 4.03. The molecule has 0 fully saturated rings. The van der Waals surface area contributed by atoms with Crippen LogP contribution in [0.4, 0.5) is 0 Å². The van der Waals surface area contributed by atoms with Crippen LogP contribution in [0.15, 0.2) is 0 Å². The first kappa shape index (κ1) is 14.8. The monoisotopic (exact) mass is 237 g/mol. The van der Waals surface area contributed by atoms with Crippen LogP contribution in [0.1, 0.15) is 13.3 Å². The van der Waals surface area contributed by atoms with Crippen molar-refractivity contribution in [2.75, 3.05) is 40.0 Å². The lowest BCUT2D eigenvalue weighted by molar-refractivity contribution is 0.379. The van der Waals surface area contributed by atoms with Crippen molar-refractivity contribution in [1.29, 1.82) is 0 Å². The third kappa shape index (κ3) is 8.80. The fourth-order valence-electron chi connectivity index (χ4n) is 1.11. The van der Waals surface area contributed by atoms with E-state index in [0.29, 0.717) is 6.54 Å². The summed E-state index contributed by atoms with van der Waals surface area (Å²) in [6.45, 7) is 3.26. The standard InChI is InChI=1S/C9H23N3O2S/c1-9(5-7-12(3)4)11-15(13,14)8-6-10-2/h9-11H,5-8H2,1-4H3. The Morgan fingerprint density at radius 1 is 1.33 bits per heavy atom. The normalized spacial score (nSPS) is 14.5. The Bertz CT molecular complexity index is 252. The zero-order valence-electron chi connectivity index (χ0n) is 10.1. The summed E-state index contributed by atoms with van der Waals surface area (Å²) in [6.07, 6.45) is 0.825. The van der Waals surface area contributed by atoms with Gasteiger partial charge in [-0.1, -0.05) is 0 Å². The summed E-state index contributed by atoms with van der Waals surface area (Å²) in [5.41, 5.74) is 0. The van der Waals surface area contributed by atoms with E-state index >= 15 is 0 Å². The van der Waals surface area contributed by atoms with E-state index < -0.39 is 10.0 Å². The Balaban J connectivity index is 3.88. The van der Waals surface area contributed by atoms with Crippen LogP contribution in [-0.4, -0.2) is 59.3 Å². The van der Waals surface area contributed by atoms with E-state index in [1.165, 1.54) is 0 Å². The van der Waals surface area contributed by atoms with Crippen molar-refractivity contribution in [2.45, 2.75) is 19.4 Å². The van der Waals surface area contributed by atoms with Gasteiger partial charge in [-0.05, 0) is 41.0 Å². The lowest BCUT2D eigenvalue weighted by atomic mass is 10.2. The number of nitrogens with one attached hydrogen (secondary N) is 2. The Morgan fingerprint density at radius 3 is 2.40 bits per heavy atom. The van der Waals surface area contributed by atoms with Gasteiger partial charge in [-0.25, -0.2) is 13.1 Å². The Hall–Kier alpha value is -0.170. The molecule has 0 spiro atoms. The summed E-state index contributed by atoms with van der Waals surface area (Å²) < 4.78 is 25.6. The summed E-state index contributed by atoms with van der Waals surface area (Å²) in [5, 5.41) is 2.82. The van der Waals surface area contributed by atoms with E-state index in [2.05, 4.69) is 10.0 Å². The van der Waals surface area contributed by atoms with Crippen LogP contribution < -0.4 is 10.0 Å². The van der Waals surface area contributed by atoms with Crippen LogP contribution in [0.5, 0.6) is 0 Å². The minimum atomic E-state index is -3.12. The van der Waals surface area contributed by atoms with Crippen molar-refractivity contribution in [3.8, 4) is 0 Å². The van der Waals surface area contributed by atoms with Crippen LogP contribution in [-0.2, 0) is 10.0 Å². The smallest absolute Gasteiger partial charge is 0.213 e.